The van der Waals surface area contributed by atoms with Crippen molar-refractivity contribution in [3.8, 4) is 0 Å². The molecule has 0 aliphatic carbocycles. The van der Waals surface area contributed by atoms with Crippen LogP contribution in [0.2, 0.25) is 15.1 Å². The molecule has 100 valence electrons. The highest BCUT2D eigenvalue weighted by Gasteiger charge is 2.14. The van der Waals surface area contributed by atoms with Gasteiger partial charge in [-0.3, -0.25) is 11.3 Å². The van der Waals surface area contributed by atoms with Crippen LogP contribution in [0.3, 0.4) is 0 Å². The van der Waals surface area contributed by atoms with E-state index in [2.05, 4.69) is 5.43 Å². The maximum absolute atomic E-state index is 6.18. The van der Waals surface area contributed by atoms with Gasteiger partial charge in [-0.2, -0.15) is 0 Å². The molecule has 3 N–H and O–H groups in total. The molecule has 0 aliphatic rings. The fraction of sp³-hybridized carbons (Fsp3) is 0.143. The molecule has 2 aromatic rings. The van der Waals surface area contributed by atoms with Gasteiger partial charge in [0.1, 0.15) is 0 Å². The van der Waals surface area contributed by atoms with Crippen molar-refractivity contribution in [2.24, 2.45) is 5.84 Å². The predicted octanol–water partition coefficient (Wildman–Crippen LogP) is 4.39. The molecular weight excluding hydrogens is 303 g/mol. The molecule has 0 aliphatic heterocycles. The molecule has 0 saturated carbocycles. The van der Waals surface area contributed by atoms with Gasteiger partial charge in [0.2, 0.25) is 0 Å². The van der Waals surface area contributed by atoms with Crippen molar-refractivity contribution in [2.75, 3.05) is 0 Å². The molecule has 1 unspecified atom stereocenters. The van der Waals surface area contributed by atoms with Crippen molar-refractivity contribution < 1.29 is 0 Å². The predicted molar refractivity (Wildman–Crippen MR) is 81.7 cm³/mol. The van der Waals surface area contributed by atoms with Crippen LogP contribution in [0.15, 0.2) is 42.5 Å². The molecule has 0 saturated heterocycles. The van der Waals surface area contributed by atoms with Gasteiger partial charge in [0.05, 0.1) is 16.1 Å². The van der Waals surface area contributed by atoms with Gasteiger partial charge in [-0.05, 0) is 35.7 Å². The van der Waals surface area contributed by atoms with Crippen LogP contribution in [-0.4, -0.2) is 0 Å². The van der Waals surface area contributed by atoms with Gasteiger partial charge >= 0.3 is 0 Å². The minimum atomic E-state index is -0.0778. The largest absolute Gasteiger partial charge is 0.271 e. The Labute approximate surface area is 127 Å². The fourth-order valence-electron chi connectivity index (χ4n) is 1.92. The number of hydrogen-bond acceptors (Lipinski definition) is 2. The lowest BCUT2D eigenvalue weighted by Crippen LogP contribution is -2.29. The van der Waals surface area contributed by atoms with E-state index >= 15 is 0 Å². The van der Waals surface area contributed by atoms with Gasteiger partial charge in [-0.1, -0.05) is 59.1 Å². The summed E-state index contributed by atoms with van der Waals surface area (Å²) >= 11 is 18.1. The Morgan fingerprint density at radius 2 is 1.68 bits per heavy atom. The number of hydrazine groups is 1. The average molecular weight is 316 g/mol. The van der Waals surface area contributed by atoms with E-state index in [0.29, 0.717) is 21.5 Å². The zero-order valence-corrected chi connectivity index (χ0v) is 12.3. The molecule has 5 heteroatoms. The van der Waals surface area contributed by atoms with Crippen molar-refractivity contribution in [3.63, 3.8) is 0 Å². The van der Waals surface area contributed by atoms with Crippen molar-refractivity contribution in [1.82, 2.24) is 5.43 Å². The molecule has 0 spiro atoms. The maximum Gasteiger partial charge on any atom is 0.0595 e. The molecule has 2 aromatic carbocycles. The fourth-order valence-corrected chi connectivity index (χ4v) is 2.51. The summed E-state index contributed by atoms with van der Waals surface area (Å²) in [5.74, 6) is 5.62. The Balaban J connectivity index is 2.24. The molecule has 0 amide bonds. The Hall–Kier alpha value is -0.770. The molecule has 0 bridgehead atoms. The summed E-state index contributed by atoms with van der Waals surface area (Å²) in [5.41, 5.74) is 4.78. The summed E-state index contributed by atoms with van der Waals surface area (Å²) in [6.45, 7) is 0. The Bertz CT molecular complexity index is 572. The highest BCUT2D eigenvalue weighted by Crippen LogP contribution is 2.28. The van der Waals surface area contributed by atoms with Gasteiger partial charge in [0.15, 0.2) is 0 Å². The van der Waals surface area contributed by atoms with Gasteiger partial charge in [-0.15, -0.1) is 0 Å². The van der Waals surface area contributed by atoms with E-state index in [4.69, 9.17) is 40.6 Å². The topological polar surface area (TPSA) is 38.0 Å². The average Bonchev–Trinajstić information content (AvgIpc) is 2.41. The van der Waals surface area contributed by atoms with Gasteiger partial charge < -0.3 is 0 Å². The number of nitrogens with two attached hydrogens (primary N) is 1. The van der Waals surface area contributed by atoms with Crippen LogP contribution in [0.25, 0.3) is 0 Å². The maximum atomic E-state index is 6.18. The zero-order valence-electron chi connectivity index (χ0n) is 10.0. The lowest BCUT2D eigenvalue weighted by molar-refractivity contribution is 0.552. The van der Waals surface area contributed by atoms with Gasteiger partial charge in [-0.25, -0.2) is 0 Å². The van der Waals surface area contributed by atoms with Gasteiger partial charge in [0.25, 0.3) is 0 Å². The van der Waals surface area contributed by atoms with Crippen LogP contribution in [0, 0.1) is 0 Å². The lowest BCUT2D eigenvalue weighted by atomic mass is 9.99. The standard InChI is InChI=1S/C14H13Cl3N2/c15-11-4-2-1-3-10(11)14(19-18)8-9-5-6-12(16)13(17)7-9/h1-7,14,19H,8,18H2. The normalized spacial score (nSPS) is 12.4. The summed E-state index contributed by atoms with van der Waals surface area (Å²) in [4.78, 5) is 0. The molecule has 19 heavy (non-hydrogen) atoms. The third kappa shape index (κ3) is 3.62. The quantitative estimate of drug-likeness (QED) is 0.648. The number of hydrogen-bond donors (Lipinski definition) is 2. The molecule has 1 atom stereocenters. The van der Waals surface area contributed by atoms with Crippen LogP contribution in [0.4, 0.5) is 0 Å². The number of halogens is 3. The third-order valence-corrected chi connectivity index (χ3v) is 3.99. The van der Waals surface area contributed by atoms with Crippen molar-refractivity contribution in [2.45, 2.75) is 12.5 Å². The van der Waals surface area contributed by atoms with Crippen molar-refractivity contribution in [1.29, 1.82) is 0 Å². The van der Waals surface area contributed by atoms with E-state index in [1.54, 1.807) is 6.07 Å². The SMILES string of the molecule is NNC(Cc1ccc(Cl)c(Cl)c1)c1ccccc1Cl. The van der Waals surface area contributed by atoms with Crippen LogP contribution < -0.4 is 11.3 Å². The van der Waals surface area contributed by atoms with E-state index in [1.807, 2.05) is 36.4 Å². The first-order chi connectivity index (χ1) is 9.11. The van der Waals surface area contributed by atoms with Crippen molar-refractivity contribution >= 4 is 34.8 Å². The molecule has 0 heterocycles. The van der Waals surface area contributed by atoms with E-state index in [1.165, 1.54) is 0 Å². The van der Waals surface area contributed by atoms with Crippen LogP contribution in [0.1, 0.15) is 17.2 Å². The summed E-state index contributed by atoms with van der Waals surface area (Å²) < 4.78 is 0. The zero-order chi connectivity index (χ0) is 13.8. The highest BCUT2D eigenvalue weighted by atomic mass is 35.5. The number of nitrogens with one attached hydrogen (secondary N) is 1. The first-order valence-corrected chi connectivity index (χ1v) is 6.89. The van der Waals surface area contributed by atoms with Crippen LogP contribution >= 0.6 is 34.8 Å². The molecule has 2 nitrogen and oxygen atoms in total. The Morgan fingerprint density at radius 1 is 0.947 bits per heavy atom. The van der Waals surface area contributed by atoms with Gasteiger partial charge in [0, 0.05) is 5.02 Å². The van der Waals surface area contributed by atoms with Crippen molar-refractivity contribution in [3.05, 3.63) is 68.7 Å². The highest BCUT2D eigenvalue weighted by molar-refractivity contribution is 6.42. The second kappa shape index (κ2) is 6.60. The Morgan fingerprint density at radius 3 is 2.32 bits per heavy atom. The van der Waals surface area contributed by atoms with E-state index in [9.17, 15) is 0 Å². The molecular formula is C14H13Cl3N2. The molecule has 0 radical (unpaired) electrons. The number of benzene rings is 2. The number of rotatable bonds is 4. The minimum Gasteiger partial charge on any atom is -0.271 e. The minimum absolute atomic E-state index is 0.0778. The second-order valence-electron chi connectivity index (χ2n) is 4.19. The summed E-state index contributed by atoms with van der Waals surface area (Å²) in [6.07, 6.45) is 0.678. The van der Waals surface area contributed by atoms with Crippen LogP contribution in [0.5, 0.6) is 0 Å². The molecule has 2 rings (SSSR count). The summed E-state index contributed by atoms with van der Waals surface area (Å²) in [7, 11) is 0. The smallest absolute Gasteiger partial charge is 0.0595 e. The van der Waals surface area contributed by atoms with E-state index < -0.39 is 0 Å². The first kappa shape index (κ1) is 14.6. The first-order valence-electron chi connectivity index (χ1n) is 5.76. The van der Waals surface area contributed by atoms with E-state index in [-0.39, 0.29) is 6.04 Å². The summed E-state index contributed by atoms with van der Waals surface area (Å²) in [6, 6.07) is 13.1. The molecule has 0 aromatic heterocycles. The second-order valence-corrected chi connectivity index (χ2v) is 5.41. The monoisotopic (exact) mass is 314 g/mol. The lowest BCUT2D eigenvalue weighted by Gasteiger charge is -2.18. The van der Waals surface area contributed by atoms with E-state index in [0.717, 1.165) is 11.1 Å². The third-order valence-electron chi connectivity index (χ3n) is 2.91. The molecule has 0 fully saturated rings. The summed E-state index contributed by atoms with van der Waals surface area (Å²) in [5, 5.41) is 1.76. The van der Waals surface area contributed by atoms with Crippen LogP contribution in [-0.2, 0) is 6.42 Å². The Kier molecular flexibility index (Phi) is 5.08.